The first kappa shape index (κ1) is 13.4. The number of nitrogens with zero attached hydrogens (tertiary/aromatic N) is 3. The van der Waals surface area contributed by atoms with Crippen LogP contribution in [0.25, 0.3) is 0 Å². The molecule has 2 fully saturated rings. The molecule has 6 heteroatoms. The van der Waals surface area contributed by atoms with Crippen molar-refractivity contribution in [3.8, 4) is 0 Å². The SMILES string of the molecule is CCNC(=O)N1CCCC(Cc2nc(C3CC3)no2)C1. The van der Waals surface area contributed by atoms with Gasteiger partial charge in [0.1, 0.15) is 0 Å². The number of carbonyl (C=O) groups is 1. The molecule has 6 nitrogen and oxygen atoms in total. The molecule has 1 aliphatic carbocycles. The Labute approximate surface area is 118 Å². The van der Waals surface area contributed by atoms with E-state index in [2.05, 4.69) is 15.5 Å². The molecule has 0 spiro atoms. The van der Waals surface area contributed by atoms with Gasteiger partial charge in [0.25, 0.3) is 0 Å². The van der Waals surface area contributed by atoms with Crippen LogP contribution >= 0.6 is 0 Å². The Hall–Kier alpha value is -1.59. The summed E-state index contributed by atoms with van der Waals surface area (Å²) in [5.41, 5.74) is 0. The normalized spacial score (nSPS) is 22.9. The zero-order chi connectivity index (χ0) is 13.9. The molecule has 0 bridgehead atoms. The van der Waals surface area contributed by atoms with Gasteiger partial charge in [0.15, 0.2) is 5.82 Å². The molecule has 1 aromatic rings. The van der Waals surface area contributed by atoms with Crippen LogP contribution in [-0.4, -0.2) is 40.7 Å². The van der Waals surface area contributed by atoms with Gasteiger partial charge in [0.05, 0.1) is 0 Å². The van der Waals surface area contributed by atoms with Crippen molar-refractivity contribution < 1.29 is 9.32 Å². The van der Waals surface area contributed by atoms with E-state index in [1.807, 2.05) is 11.8 Å². The molecule has 2 aliphatic rings. The van der Waals surface area contributed by atoms with Crippen LogP contribution in [0.4, 0.5) is 4.79 Å². The first-order chi connectivity index (χ1) is 9.76. The summed E-state index contributed by atoms with van der Waals surface area (Å²) in [6.45, 7) is 4.25. The zero-order valence-electron chi connectivity index (χ0n) is 12.0. The van der Waals surface area contributed by atoms with Crippen molar-refractivity contribution in [3.63, 3.8) is 0 Å². The predicted octanol–water partition coefficient (Wildman–Crippen LogP) is 1.93. The van der Waals surface area contributed by atoms with E-state index in [1.165, 1.54) is 12.8 Å². The molecule has 20 heavy (non-hydrogen) atoms. The molecule has 0 radical (unpaired) electrons. The first-order valence-corrected chi connectivity index (χ1v) is 7.61. The summed E-state index contributed by atoms with van der Waals surface area (Å²) in [7, 11) is 0. The highest BCUT2D eigenvalue weighted by molar-refractivity contribution is 5.74. The monoisotopic (exact) mass is 278 g/mol. The maximum atomic E-state index is 11.9. The molecular formula is C14H22N4O2. The number of hydrogen-bond acceptors (Lipinski definition) is 4. The highest BCUT2D eigenvalue weighted by Crippen LogP contribution is 2.38. The van der Waals surface area contributed by atoms with Crippen LogP contribution in [0.15, 0.2) is 4.52 Å². The quantitative estimate of drug-likeness (QED) is 0.913. The van der Waals surface area contributed by atoms with Gasteiger partial charge in [-0.15, -0.1) is 0 Å². The van der Waals surface area contributed by atoms with Crippen LogP contribution in [-0.2, 0) is 6.42 Å². The zero-order valence-corrected chi connectivity index (χ0v) is 12.0. The Bertz CT molecular complexity index is 469. The van der Waals surface area contributed by atoms with Gasteiger partial charge in [0.2, 0.25) is 5.89 Å². The third-order valence-corrected chi connectivity index (χ3v) is 4.02. The van der Waals surface area contributed by atoms with Crippen molar-refractivity contribution in [1.82, 2.24) is 20.4 Å². The van der Waals surface area contributed by atoms with E-state index in [0.29, 0.717) is 18.4 Å². The number of piperidine rings is 1. The molecule has 1 saturated heterocycles. The van der Waals surface area contributed by atoms with Gasteiger partial charge in [-0.1, -0.05) is 5.16 Å². The fourth-order valence-corrected chi connectivity index (χ4v) is 2.78. The van der Waals surface area contributed by atoms with Crippen molar-refractivity contribution in [1.29, 1.82) is 0 Å². The third kappa shape index (κ3) is 3.11. The third-order valence-electron chi connectivity index (χ3n) is 4.02. The number of carbonyl (C=O) groups excluding carboxylic acids is 1. The highest BCUT2D eigenvalue weighted by atomic mass is 16.5. The second kappa shape index (κ2) is 5.81. The van der Waals surface area contributed by atoms with Crippen LogP contribution in [0.2, 0.25) is 0 Å². The number of aromatic nitrogens is 2. The Balaban J connectivity index is 1.54. The molecule has 1 unspecified atom stereocenters. The van der Waals surface area contributed by atoms with E-state index in [0.717, 1.165) is 44.1 Å². The summed E-state index contributed by atoms with van der Waals surface area (Å²) < 4.78 is 5.33. The molecule has 110 valence electrons. The second-order valence-corrected chi connectivity index (χ2v) is 5.81. The lowest BCUT2D eigenvalue weighted by atomic mass is 9.95. The van der Waals surface area contributed by atoms with Gasteiger partial charge in [-0.25, -0.2) is 4.79 Å². The van der Waals surface area contributed by atoms with E-state index < -0.39 is 0 Å². The number of nitrogens with one attached hydrogen (secondary N) is 1. The summed E-state index contributed by atoms with van der Waals surface area (Å²) in [6.07, 6.45) is 5.33. The number of urea groups is 1. The molecule has 1 aliphatic heterocycles. The molecule has 2 amide bonds. The summed E-state index contributed by atoms with van der Waals surface area (Å²) >= 11 is 0. The van der Waals surface area contributed by atoms with Gasteiger partial charge >= 0.3 is 6.03 Å². The van der Waals surface area contributed by atoms with Gasteiger partial charge in [-0.05, 0) is 38.5 Å². The fraction of sp³-hybridized carbons (Fsp3) is 0.786. The Morgan fingerprint density at radius 1 is 1.45 bits per heavy atom. The predicted molar refractivity (Wildman–Crippen MR) is 73.3 cm³/mol. The van der Waals surface area contributed by atoms with E-state index in [9.17, 15) is 4.79 Å². The standard InChI is InChI=1S/C14H22N4O2/c1-2-15-14(19)18-7-3-4-10(9-18)8-12-16-13(17-20-12)11-5-6-11/h10-11H,2-9H2,1H3,(H,15,19). The Morgan fingerprint density at radius 2 is 2.30 bits per heavy atom. The van der Waals surface area contributed by atoms with Crippen molar-refractivity contribution in [2.45, 2.75) is 44.9 Å². The molecule has 1 aromatic heterocycles. The summed E-state index contributed by atoms with van der Waals surface area (Å²) in [5.74, 6) is 2.57. The second-order valence-electron chi connectivity index (χ2n) is 5.81. The van der Waals surface area contributed by atoms with Crippen molar-refractivity contribution in [2.24, 2.45) is 5.92 Å². The summed E-state index contributed by atoms with van der Waals surface area (Å²) in [6, 6.07) is 0.0430. The average molecular weight is 278 g/mol. The van der Waals surface area contributed by atoms with Crippen molar-refractivity contribution in [3.05, 3.63) is 11.7 Å². The lowest BCUT2D eigenvalue weighted by molar-refractivity contribution is 0.162. The minimum atomic E-state index is 0.0430. The van der Waals surface area contributed by atoms with Crippen molar-refractivity contribution >= 4 is 6.03 Å². The van der Waals surface area contributed by atoms with Crippen LogP contribution in [0, 0.1) is 5.92 Å². The molecule has 1 N–H and O–H groups in total. The topological polar surface area (TPSA) is 71.3 Å². The average Bonchev–Trinajstić information content (AvgIpc) is 3.20. The van der Waals surface area contributed by atoms with E-state index in [-0.39, 0.29) is 6.03 Å². The van der Waals surface area contributed by atoms with E-state index in [1.54, 1.807) is 0 Å². The number of likely N-dealkylation sites (tertiary alicyclic amines) is 1. The van der Waals surface area contributed by atoms with Gasteiger partial charge in [-0.3, -0.25) is 0 Å². The minimum Gasteiger partial charge on any atom is -0.339 e. The fourth-order valence-electron chi connectivity index (χ4n) is 2.78. The Morgan fingerprint density at radius 3 is 3.05 bits per heavy atom. The molecule has 0 aromatic carbocycles. The lowest BCUT2D eigenvalue weighted by Crippen LogP contribution is -2.45. The van der Waals surface area contributed by atoms with Crippen LogP contribution in [0.5, 0.6) is 0 Å². The molecule has 2 heterocycles. The van der Waals surface area contributed by atoms with E-state index in [4.69, 9.17) is 4.52 Å². The molecule has 1 saturated carbocycles. The van der Waals surface area contributed by atoms with Crippen molar-refractivity contribution in [2.75, 3.05) is 19.6 Å². The first-order valence-electron chi connectivity index (χ1n) is 7.61. The molecule has 3 rings (SSSR count). The lowest BCUT2D eigenvalue weighted by Gasteiger charge is -2.32. The highest BCUT2D eigenvalue weighted by Gasteiger charge is 2.30. The van der Waals surface area contributed by atoms with Crippen LogP contribution in [0.1, 0.15) is 50.2 Å². The number of amides is 2. The summed E-state index contributed by atoms with van der Waals surface area (Å²) in [4.78, 5) is 18.2. The van der Waals surface area contributed by atoms with Gasteiger partial charge in [0, 0.05) is 32.0 Å². The summed E-state index contributed by atoms with van der Waals surface area (Å²) in [5, 5.41) is 6.91. The van der Waals surface area contributed by atoms with Crippen LogP contribution in [0.3, 0.4) is 0 Å². The Kier molecular flexibility index (Phi) is 3.89. The minimum absolute atomic E-state index is 0.0430. The largest absolute Gasteiger partial charge is 0.339 e. The maximum Gasteiger partial charge on any atom is 0.317 e. The van der Waals surface area contributed by atoms with E-state index >= 15 is 0 Å². The van der Waals surface area contributed by atoms with Gasteiger partial charge in [-0.2, -0.15) is 4.98 Å². The van der Waals surface area contributed by atoms with Crippen LogP contribution < -0.4 is 5.32 Å². The molecular weight excluding hydrogens is 256 g/mol. The maximum absolute atomic E-state index is 11.9. The molecule has 1 atom stereocenters. The number of hydrogen-bond donors (Lipinski definition) is 1. The smallest absolute Gasteiger partial charge is 0.317 e. The number of rotatable bonds is 4. The van der Waals surface area contributed by atoms with Gasteiger partial charge < -0.3 is 14.7 Å².